The van der Waals surface area contributed by atoms with Crippen molar-refractivity contribution in [2.45, 2.75) is 295 Å². The molecule has 0 bridgehead atoms. The average molecular weight is 1280 g/mol. The van der Waals surface area contributed by atoms with E-state index in [0.717, 1.165) is 64.2 Å². The molecule has 0 saturated carbocycles. The topological polar surface area (TPSA) is 179 Å². The number of aryl methyl sites for hydroxylation is 1. The van der Waals surface area contributed by atoms with Gasteiger partial charge in [0.2, 0.25) is 47.6 Å². The predicted octanol–water partition coefficient (Wildman–Crippen LogP) is 9.82. The highest BCUT2D eigenvalue weighted by Crippen LogP contribution is 2.45. The van der Waals surface area contributed by atoms with Crippen LogP contribution in [0.1, 0.15) is 209 Å². The second-order valence-corrected chi connectivity index (χ2v) is 35.5. The van der Waals surface area contributed by atoms with Gasteiger partial charge in [0, 0.05) is 121 Å². The summed E-state index contributed by atoms with van der Waals surface area (Å²) in [6.45, 7) is 50.1. The van der Waals surface area contributed by atoms with E-state index in [1.807, 2.05) is 6.92 Å². The average Bonchev–Trinajstić information content (AvgIpc) is 0.789. The standard InChI is InChI=1S/C69H129N23/c1-46-72-52(74-54(73-46)82(23)47-33-60(2,3)87(28)61(4,5)34-47)70-43-81(22)45-92(59-79-57(85(26)50-39-66(14,15)90(31)67(16,17)40-50)78-58(80-59)86(27)51-41-68(18,19)91(32)69(20,21)42-51)44-71-53-75-55(83(24)48-35-62(6,7)88(29)63(8,9)36-48)77-56(76-53)84(25)49-37-64(10,11)89(30)65(12,13)38-49/h47-51H,33-45H2,1-32H3,(H,70,72,73,74)(H,71,75,76,77). The Balaban J connectivity index is 1.21. The van der Waals surface area contributed by atoms with Gasteiger partial charge in [0.25, 0.3) is 0 Å². The van der Waals surface area contributed by atoms with Crippen LogP contribution in [0.4, 0.5) is 47.6 Å². The van der Waals surface area contributed by atoms with Crippen LogP contribution in [-0.2, 0) is 0 Å². The molecule has 2 N–H and O–H groups in total. The fourth-order valence-corrected chi connectivity index (χ4v) is 16.9. The van der Waals surface area contributed by atoms with E-state index in [1.54, 1.807) is 0 Å². The first-order valence-electron chi connectivity index (χ1n) is 34.4. The molecule has 0 atom stereocenters. The van der Waals surface area contributed by atoms with Crippen molar-refractivity contribution in [1.82, 2.24) is 74.3 Å². The molecule has 0 radical (unpaired) electrons. The molecule has 8 rings (SSSR count). The van der Waals surface area contributed by atoms with Gasteiger partial charge in [0.15, 0.2) is 0 Å². The number of nitrogens with one attached hydrogen (secondary N) is 2. The summed E-state index contributed by atoms with van der Waals surface area (Å²) >= 11 is 0. The number of hydrogen-bond acceptors (Lipinski definition) is 23. The molecule has 0 aliphatic carbocycles. The number of hydrogen-bond donors (Lipinski definition) is 2. The molecular formula is C69H129N23. The smallest absolute Gasteiger partial charge is 0.234 e. The number of likely N-dealkylation sites (tertiary alicyclic amines) is 5. The summed E-state index contributed by atoms with van der Waals surface area (Å²) in [7, 11) is 24.3. The minimum Gasteiger partial charge on any atom is -0.341 e. The van der Waals surface area contributed by atoms with E-state index in [0.29, 0.717) is 66.7 Å². The molecule has 3 aromatic rings. The van der Waals surface area contributed by atoms with Gasteiger partial charge in [0.05, 0.1) is 20.0 Å². The lowest BCUT2D eigenvalue weighted by atomic mass is 9.77. The summed E-state index contributed by atoms with van der Waals surface area (Å²) in [5.41, 5.74) is -0.445. The number of nitrogens with zero attached hydrogens (tertiary/aromatic N) is 21. The van der Waals surface area contributed by atoms with Gasteiger partial charge < -0.3 is 40.0 Å². The van der Waals surface area contributed by atoms with E-state index in [1.165, 1.54) is 0 Å². The van der Waals surface area contributed by atoms with Gasteiger partial charge in [0.1, 0.15) is 5.82 Å². The number of rotatable bonds is 19. The second kappa shape index (κ2) is 25.3. The first kappa shape index (κ1) is 73.0. The van der Waals surface area contributed by atoms with Crippen LogP contribution in [0.3, 0.4) is 0 Å². The lowest BCUT2D eigenvalue weighted by Crippen LogP contribution is -2.62. The fraction of sp³-hybridized carbons (Fsp3) is 0.870. The monoisotopic (exact) mass is 1280 g/mol. The Morgan fingerprint density at radius 2 is 0.511 bits per heavy atom. The molecule has 520 valence electrons. The first-order valence-corrected chi connectivity index (χ1v) is 34.4. The fourth-order valence-electron chi connectivity index (χ4n) is 16.9. The van der Waals surface area contributed by atoms with Crippen LogP contribution in [0, 0.1) is 6.92 Å². The van der Waals surface area contributed by atoms with E-state index < -0.39 is 0 Å². The summed E-state index contributed by atoms with van der Waals surface area (Å²) < 4.78 is 0. The van der Waals surface area contributed by atoms with Crippen LogP contribution in [0.5, 0.6) is 0 Å². The molecule has 23 nitrogen and oxygen atoms in total. The molecule has 0 unspecified atom stereocenters. The summed E-state index contributed by atoms with van der Waals surface area (Å²) in [6.07, 6.45) is 9.58. The van der Waals surface area contributed by atoms with Gasteiger partial charge in [-0.1, -0.05) is 0 Å². The van der Waals surface area contributed by atoms with Crippen molar-refractivity contribution in [3.63, 3.8) is 0 Å². The zero-order valence-electron chi connectivity index (χ0n) is 64.0. The van der Waals surface area contributed by atoms with E-state index in [9.17, 15) is 0 Å². The summed E-state index contributed by atoms with van der Waals surface area (Å²) in [4.78, 5) is 76.4. The highest BCUT2D eigenvalue weighted by Gasteiger charge is 2.50. The maximum absolute atomic E-state index is 5.57. The van der Waals surface area contributed by atoms with Crippen LogP contribution in [0.25, 0.3) is 0 Å². The van der Waals surface area contributed by atoms with E-state index in [2.05, 4.69) is 285 Å². The largest absolute Gasteiger partial charge is 0.341 e. The number of aromatic nitrogens is 9. The molecule has 0 amide bonds. The molecule has 8 heterocycles. The zero-order chi connectivity index (χ0) is 69.0. The minimum atomic E-state index is -0.0645. The van der Waals surface area contributed by atoms with Crippen LogP contribution in [0.2, 0.25) is 0 Å². The van der Waals surface area contributed by atoms with Gasteiger partial charge in [-0.05, 0) is 252 Å². The van der Waals surface area contributed by atoms with Gasteiger partial charge in [-0.25, -0.2) is 0 Å². The van der Waals surface area contributed by atoms with Crippen molar-refractivity contribution < 1.29 is 0 Å². The van der Waals surface area contributed by atoms with Crippen molar-refractivity contribution in [3.05, 3.63) is 5.82 Å². The number of piperidine rings is 5. The van der Waals surface area contributed by atoms with E-state index >= 15 is 0 Å². The molecule has 5 aliphatic heterocycles. The molecule has 92 heavy (non-hydrogen) atoms. The Kier molecular flexibility index (Phi) is 20.1. The summed E-state index contributed by atoms with van der Waals surface area (Å²) in [6, 6.07) is 0.925. The van der Waals surface area contributed by atoms with Crippen molar-refractivity contribution >= 4 is 47.6 Å². The van der Waals surface area contributed by atoms with E-state index in [-0.39, 0.29) is 92.3 Å². The molecule has 5 fully saturated rings. The number of anilines is 8. The van der Waals surface area contributed by atoms with Crippen molar-refractivity contribution in [2.24, 2.45) is 0 Å². The Bertz CT molecular complexity index is 2820. The SMILES string of the molecule is Cc1nc(NCN(C)CN(CNc2nc(N(C)C3CC(C)(C)N(C)C(C)(C)C3)nc(N(C)C3CC(C)(C)N(C)C(C)(C)C3)n2)c2nc(N(C)C3CC(C)(C)N(C)C(C)(C)C3)nc(N(C)C3CC(C)(C)N(C)C(C)(C)C3)n2)nc(N(C)C2CC(C)(C)N(C)C(C)(C)C2)n1. The second-order valence-electron chi connectivity index (χ2n) is 35.5. The molecule has 5 saturated heterocycles. The lowest BCUT2D eigenvalue weighted by molar-refractivity contribution is -0.0127. The maximum Gasteiger partial charge on any atom is 0.234 e. The molecule has 23 heteroatoms. The zero-order valence-corrected chi connectivity index (χ0v) is 64.0. The van der Waals surface area contributed by atoms with Crippen LogP contribution < -0.4 is 40.0 Å². The maximum atomic E-state index is 5.57. The third-order valence-corrected chi connectivity index (χ3v) is 24.3. The Hall–Kier alpha value is -4.81. The minimum absolute atomic E-state index is 0.00314. The summed E-state index contributed by atoms with van der Waals surface area (Å²) in [5.74, 6) is 5.45. The Morgan fingerprint density at radius 1 is 0.304 bits per heavy atom. The molecule has 3 aromatic heterocycles. The molecule has 0 spiro atoms. The predicted molar refractivity (Wildman–Crippen MR) is 383 cm³/mol. The van der Waals surface area contributed by atoms with Gasteiger partial charge in [-0.2, -0.15) is 44.9 Å². The molecule has 5 aliphatic rings. The normalized spacial score (nSPS) is 24.5. The van der Waals surface area contributed by atoms with Crippen LogP contribution in [-0.4, -0.2) is 257 Å². The van der Waals surface area contributed by atoms with Gasteiger partial charge >= 0.3 is 0 Å². The third-order valence-electron chi connectivity index (χ3n) is 24.3. The lowest BCUT2D eigenvalue weighted by Gasteiger charge is -2.55. The van der Waals surface area contributed by atoms with Gasteiger partial charge in [-0.3, -0.25) is 29.4 Å². The van der Waals surface area contributed by atoms with Crippen molar-refractivity contribution in [2.75, 3.05) is 138 Å². The van der Waals surface area contributed by atoms with E-state index in [4.69, 9.17) is 44.9 Å². The Labute approximate surface area is 558 Å². The first-order chi connectivity index (χ1) is 41.9. The highest BCUT2D eigenvalue weighted by atomic mass is 15.5. The van der Waals surface area contributed by atoms with Crippen LogP contribution in [0.15, 0.2) is 0 Å². The van der Waals surface area contributed by atoms with Crippen molar-refractivity contribution in [1.29, 1.82) is 0 Å². The Morgan fingerprint density at radius 3 is 0.772 bits per heavy atom. The van der Waals surface area contributed by atoms with Crippen LogP contribution >= 0.6 is 0 Å². The van der Waals surface area contributed by atoms with Gasteiger partial charge in [-0.15, -0.1) is 0 Å². The molecule has 0 aromatic carbocycles. The van der Waals surface area contributed by atoms with Crippen molar-refractivity contribution in [3.8, 4) is 0 Å². The quantitative estimate of drug-likeness (QED) is 0.108. The highest BCUT2D eigenvalue weighted by molar-refractivity contribution is 5.51. The molecular weight excluding hydrogens is 1150 g/mol. The summed E-state index contributed by atoms with van der Waals surface area (Å²) in [5, 5.41) is 7.44. The third kappa shape index (κ3) is 15.2.